The summed E-state index contributed by atoms with van der Waals surface area (Å²) in [6.07, 6.45) is 0. The molecule has 2 saturated heterocycles. The zero-order valence-electron chi connectivity index (χ0n) is 61.2. The van der Waals surface area contributed by atoms with Crippen molar-refractivity contribution >= 4 is 57.5 Å². The van der Waals surface area contributed by atoms with Gasteiger partial charge < -0.3 is 18.6 Å². The molecule has 0 radical (unpaired) electrons. The molecule has 2 aliphatic rings. The van der Waals surface area contributed by atoms with Gasteiger partial charge in [0.15, 0.2) is 46.6 Å². The Hall–Kier alpha value is -9.76. The molecule has 2 fully saturated rings. The van der Waals surface area contributed by atoms with Crippen LogP contribution in [0.15, 0.2) is 233 Å². The average molecular weight is 1540 g/mol. The van der Waals surface area contributed by atoms with E-state index in [1.54, 1.807) is 0 Å². The molecule has 526 valence electrons. The van der Waals surface area contributed by atoms with E-state index < -0.39 is 14.0 Å². The molecule has 0 N–H and O–H groups in total. The smallest absolute Gasteiger partial charge is 0.405 e. The fourth-order valence-corrected chi connectivity index (χ4v) is 12.3. The quantitative estimate of drug-likeness (QED) is 0.0876. The van der Waals surface area contributed by atoms with Gasteiger partial charge in [-0.3, -0.25) is 0 Å². The summed E-state index contributed by atoms with van der Waals surface area (Å²) in [5, 5.41) is 0.326. The lowest BCUT2D eigenvalue weighted by molar-refractivity contribution is 0.00578. The first kappa shape index (κ1) is 74.9. The van der Waals surface area contributed by atoms with Crippen LogP contribution in [0.5, 0.6) is 0 Å². The molecular formula is C84H79B2Br2ClN12O4. The summed E-state index contributed by atoms with van der Waals surface area (Å²) in [5.74, 6) is 5.11. The maximum Gasteiger partial charge on any atom is 0.488 e. The van der Waals surface area contributed by atoms with Gasteiger partial charge in [0.05, 0.1) is 22.4 Å². The van der Waals surface area contributed by atoms with Crippen molar-refractivity contribution in [1.82, 2.24) is 59.8 Å². The van der Waals surface area contributed by atoms with Gasteiger partial charge >= 0.3 is 14.0 Å². The van der Waals surface area contributed by atoms with E-state index in [9.17, 15) is 0 Å². The van der Waals surface area contributed by atoms with Crippen LogP contribution in [-0.4, -0.2) is 96.2 Å². The maximum absolute atomic E-state index is 5.96. The predicted molar refractivity (Wildman–Crippen MR) is 428 cm³/mol. The normalized spacial score (nSPS) is 14.4. The van der Waals surface area contributed by atoms with E-state index in [-0.39, 0.29) is 22.4 Å². The summed E-state index contributed by atoms with van der Waals surface area (Å²) >= 11 is 12.5. The Morgan fingerprint density at radius 2 is 0.410 bits per heavy atom. The van der Waals surface area contributed by atoms with Crippen LogP contribution < -0.4 is 0 Å². The van der Waals surface area contributed by atoms with Gasteiger partial charge in [-0.05, 0) is 173 Å². The van der Waals surface area contributed by atoms with E-state index >= 15 is 0 Å². The number of hydrogen-bond donors (Lipinski definition) is 0. The molecule has 15 rings (SSSR count). The molecule has 0 aliphatic carbocycles. The molecule has 16 nitrogen and oxygen atoms in total. The molecule has 0 atom stereocenters. The van der Waals surface area contributed by atoms with Crippen molar-refractivity contribution in [2.45, 2.75) is 119 Å². The van der Waals surface area contributed by atoms with Gasteiger partial charge in [0.1, 0.15) is 0 Å². The van der Waals surface area contributed by atoms with Gasteiger partial charge in [-0.15, -0.1) is 0 Å². The molecule has 8 aromatic carbocycles. The molecule has 0 saturated carbocycles. The second-order valence-electron chi connectivity index (χ2n) is 27.8. The predicted octanol–water partition coefficient (Wildman–Crippen LogP) is 20.7. The Balaban J connectivity index is 0.000000151. The molecule has 5 aromatic heterocycles. The summed E-state index contributed by atoms with van der Waals surface area (Å²) in [6.45, 7) is 27.9. The molecule has 0 amide bonds. The van der Waals surface area contributed by atoms with Crippen LogP contribution in [0.4, 0.5) is 0 Å². The molecule has 13 aromatic rings. The number of aryl methyl sites for hydroxylation is 6. The highest BCUT2D eigenvalue weighted by atomic mass is 79.9. The molecule has 105 heavy (non-hydrogen) atoms. The lowest BCUT2D eigenvalue weighted by atomic mass is 9.49. The number of hydrogen-bond acceptors (Lipinski definition) is 16. The second-order valence-corrected chi connectivity index (χ2v) is 30.0. The Bertz CT molecular complexity index is 4850. The molecule has 21 heteroatoms. The molecule has 7 heterocycles. The number of rotatable bonds is 11. The number of aromatic nitrogens is 12. The van der Waals surface area contributed by atoms with Crippen molar-refractivity contribution in [2.75, 3.05) is 0 Å². The van der Waals surface area contributed by atoms with Crippen molar-refractivity contribution in [1.29, 1.82) is 0 Å². The van der Waals surface area contributed by atoms with E-state index in [0.717, 1.165) is 104 Å². The Morgan fingerprint density at radius 3 is 0.619 bits per heavy atom. The third-order valence-corrected chi connectivity index (χ3v) is 19.7. The molecule has 0 spiro atoms. The summed E-state index contributed by atoms with van der Waals surface area (Å²) < 4.78 is 25.9. The van der Waals surface area contributed by atoms with Crippen molar-refractivity contribution in [2.24, 2.45) is 0 Å². The van der Waals surface area contributed by atoms with E-state index in [4.69, 9.17) is 60.1 Å². The van der Waals surface area contributed by atoms with Crippen LogP contribution in [0, 0.1) is 41.5 Å². The highest BCUT2D eigenvalue weighted by Gasteiger charge is 2.63. The first-order valence-corrected chi connectivity index (χ1v) is 36.5. The zero-order valence-corrected chi connectivity index (χ0v) is 65.1. The van der Waals surface area contributed by atoms with E-state index in [1.165, 1.54) is 5.56 Å². The number of nitrogens with zero attached hydrogens (tertiary/aromatic N) is 12. The minimum atomic E-state index is -0.476. The SMILES string of the molecule is Brc1ccc(-c2nc(-c3ccc(Br)cc3)nc(-c3ccc(-c4ccccc4)cc3)n2)cc1.CC1(C)OB(B2OC(C)(C)C(C)(C)O2)OC1(C)C.Cc1cc(C)nc(-c2ccc(-c3nc(-c4ccc(-c5ccccc5)cc4)nc(-c4ccc(-c5nc(C)cc(C)n5)cc4)n3)cc2)n1.Cc1cc(C)nc(Cl)n1. The lowest BCUT2D eigenvalue weighted by Crippen LogP contribution is -2.41. The lowest BCUT2D eigenvalue weighted by Gasteiger charge is -2.32. The van der Waals surface area contributed by atoms with Crippen LogP contribution in [0.1, 0.15) is 89.6 Å². The van der Waals surface area contributed by atoms with Crippen LogP contribution in [0.25, 0.3) is 113 Å². The maximum atomic E-state index is 5.96. The van der Waals surface area contributed by atoms with Crippen LogP contribution in [0.3, 0.4) is 0 Å². The van der Waals surface area contributed by atoms with Crippen molar-refractivity contribution < 1.29 is 18.6 Å². The van der Waals surface area contributed by atoms with Crippen molar-refractivity contribution in [3.63, 3.8) is 0 Å². The minimum absolute atomic E-state index is 0.326. The van der Waals surface area contributed by atoms with E-state index in [0.29, 0.717) is 51.9 Å². The van der Waals surface area contributed by atoms with Crippen molar-refractivity contribution in [3.8, 4) is 113 Å². The summed E-state index contributed by atoms with van der Waals surface area (Å²) in [4.78, 5) is 55.5. The average Bonchev–Trinajstić information content (AvgIpc) is 1.61. The van der Waals surface area contributed by atoms with Gasteiger partial charge in [-0.25, -0.2) is 59.8 Å². The topological polar surface area (TPSA) is 192 Å². The van der Waals surface area contributed by atoms with Gasteiger partial charge in [-0.2, -0.15) is 0 Å². The standard InChI is InChI=1S/C39H31N7.C27H17Br2N3.C12H24B2O4.C6H7ClN2/c1-24-22-25(2)41-35(40-24)30-14-18-33(19-15-30)38-44-37(32-12-10-29(11-13-32)28-8-6-5-7-9-28)45-39(46-38)34-20-16-31(17-21-34)36-42-26(3)23-27(4)43-36;28-23-14-10-21(11-15-23)26-30-25(31-27(32-26)22-12-16-24(29)17-13-22)20-8-6-19(7-9-20)18-4-2-1-3-5-18;1-9(2)10(3,4)16-13(15-9)14-17-11(5,6)12(7,8)18-14;1-4-3-5(2)9-6(7)8-4/h5-23H,1-4H3;1-17H;1-8H3;3H,1-2H3. The van der Waals surface area contributed by atoms with Crippen molar-refractivity contribution in [3.05, 3.63) is 273 Å². The molecular weight excluding hydrogens is 1460 g/mol. The summed E-state index contributed by atoms with van der Waals surface area (Å²) in [7, 11) is -0.952. The third kappa shape index (κ3) is 18.5. The third-order valence-electron chi connectivity index (χ3n) is 18.5. The van der Waals surface area contributed by atoms with E-state index in [2.05, 4.69) is 135 Å². The number of halogens is 3. The van der Waals surface area contributed by atoms with Crippen LogP contribution in [0.2, 0.25) is 5.28 Å². The highest BCUT2D eigenvalue weighted by molar-refractivity contribution is 9.10. The molecule has 0 unspecified atom stereocenters. The Morgan fingerprint density at radius 1 is 0.238 bits per heavy atom. The molecule has 0 bridgehead atoms. The van der Waals surface area contributed by atoms with Crippen LogP contribution >= 0.6 is 43.5 Å². The Kier molecular flexibility index (Phi) is 22.8. The van der Waals surface area contributed by atoms with Gasteiger partial charge in [0.2, 0.25) is 5.28 Å². The first-order chi connectivity index (χ1) is 50.1. The van der Waals surface area contributed by atoms with Gasteiger partial charge in [0.25, 0.3) is 0 Å². The largest absolute Gasteiger partial charge is 0.488 e. The van der Waals surface area contributed by atoms with Gasteiger partial charge in [-0.1, -0.05) is 214 Å². The van der Waals surface area contributed by atoms with Crippen LogP contribution in [-0.2, 0) is 18.6 Å². The summed E-state index contributed by atoms with van der Waals surface area (Å²) in [5.41, 5.74) is 16.1. The minimum Gasteiger partial charge on any atom is -0.405 e. The van der Waals surface area contributed by atoms with Gasteiger partial charge in [0, 0.05) is 87.6 Å². The molecule has 2 aliphatic heterocycles. The second kappa shape index (κ2) is 31.9. The zero-order chi connectivity index (χ0) is 74.4. The Labute approximate surface area is 637 Å². The monoisotopic (exact) mass is 1530 g/mol. The number of benzene rings is 8. The first-order valence-electron chi connectivity index (χ1n) is 34.5. The fourth-order valence-electron chi connectivity index (χ4n) is 11.5. The summed E-state index contributed by atoms with van der Waals surface area (Å²) in [6, 6.07) is 75.2. The van der Waals surface area contributed by atoms with E-state index in [1.807, 2.05) is 249 Å². The highest BCUT2D eigenvalue weighted by Crippen LogP contribution is 2.43. The fraction of sp³-hybridized carbons (Fsp3) is 0.214.